The first kappa shape index (κ1) is 17.7. The predicted molar refractivity (Wildman–Crippen MR) is 99.8 cm³/mol. The lowest BCUT2D eigenvalue weighted by molar-refractivity contribution is -0.148. The maximum absolute atomic E-state index is 12.2. The van der Waals surface area contributed by atoms with Crippen molar-refractivity contribution < 1.29 is 33.0 Å². The molecule has 0 unspecified atom stereocenters. The summed E-state index contributed by atoms with van der Waals surface area (Å²) in [6.07, 6.45) is 1.17. The molecule has 8 nitrogen and oxygen atoms in total. The van der Waals surface area contributed by atoms with Gasteiger partial charge in [-0.25, -0.2) is 4.79 Å². The molecule has 1 aliphatic heterocycles. The van der Waals surface area contributed by atoms with Crippen molar-refractivity contribution in [1.82, 2.24) is 0 Å². The van der Waals surface area contributed by atoms with Gasteiger partial charge in [0.2, 0.25) is 5.76 Å². The van der Waals surface area contributed by atoms with Crippen LogP contribution in [0.4, 0.5) is 5.69 Å². The fourth-order valence-corrected chi connectivity index (χ4v) is 2.88. The quantitative estimate of drug-likeness (QED) is 0.677. The highest BCUT2D eigenvalue weighted by molar-refractivity contribution is 6.08. The third kappa shape index (κ3) is 3.44. The van der Waals surface area contributed by atoms with E-state index < -0.39 is 18.5 Å². The van der Waals surface area contributed by atoms with E-state index in [0.29, 0.717) is 23.6 Å². The highest BCUT2D eigenvalue weighted by Gasteiger charge is 2.19. The first-order chi connectivity index (χ1) is 13.7. The van der Waals surface area contributed by atoms with Crippen LogP contribution in [0.25, 0.3) is 21.9 Å². The van der Waals surface area contributed by atoms with E-state index in [0.717, 1.165) is 16.4 Å². The second kappa shape index (κ2) is 7.51. The van der Waals surface area contributed by atoms with E-state index in [4.69, 9.17) is 23.4 Å². The summed E-state index contributed by atoms with van der Waals surface area (Å²) in [7, 11) is 1.51. The number of carbonyl (C=O) groups is 2. The number of anilines is 1. The molecular formula is C20H17NO7. The number of fused-ring (bicyclic) bond motifs is 3. The van der Waals surface area contributed by atoms with Crippen molar-refractivity contribution >= 4 is 39.5 Å². The number of carbonyl (C=O) groups excluding carboxylic acids is 2. The Morgan fingerprint density at radius 2 is 1.96 bits per heavy atom. The van der Waals surface area contributed by atoms with Crippen LogP contribution in [0.3, 0.4) is 0 Å². The van der Waals surface area contributed by atoms with E-state index in [-0.39, 0.29) is 12.4 Å². The van der Waals surface area contributed by atoms with E-state index in [1.807, 2.05) is 24.3 Å². The van der Waals surface area contributed by atoms with Gasteiger partial charge in [0.05, 0.1) is 12.8 Å². The predicted octanol–water partition coefficient (Wildman–Crippen LogP) is 2.96. The van der Waals surface area contributed by atoms with Crippen LogP contribution >= 0.6 is 0 Å². The van der Waals surface area contributed by atoms with Crippen molar-refractivity contribution in [3.8, 4) is 5.75 Å². The summed E-state index contributed by atoms with van der Waals surface area (Å²) < 4.78 is 26.2. The lowest BCUT2D eigenvalue weighted by atomic mass is 10.1. The molecule has 0 aliphatic carbocycles. The smallest absolute Gasteiger partial charge is 0.377 e. The molecule has 1 amide bonds. The minimum absolute atomic E-state index is 0.0691. The Hall–Kier alpha value is -3.68. The van der Waals surface area contributed by atoms with E-state index in [2.05, 4.69) is 5.32 Å². The van der Waals surface area contributed by atoms with Gasteiger partial charge in [0.15, 0.2) is 6.61 Å². The zero-order valence-electron chi connectivity index (χ0n) is 15.0. The SMILES string of the molecule is COc1cc2c(cc1NC(=O)COC(=O)C1=COCCO1)oc1ccccc12. The Balaban J connectivity index is 1.50. The first-order valence-corrected chi connectivity index (χ1v) is 8.56. The number of nitrogens with one attached hydrogen (secondary N) is 1. The van der Waals surface area contributed by atoms with Gasteiger partial charge < -0.3 is 28.7 Å². The number of hydrogen-bond donors (Lipinski definition) is 1. The zero-order chi connectivity index (χ0) is 19.5. The zero-order valence-corrected chi connectivity index (χ0v) is 15.0. The Morgan fingerprint density at radius 3 is 2.75 bits per heavy atom. The molecule has 144 valence electrons. The van der Waals surface area contributed by atoms with Crippen molar-refractivity contribution in [1.29, 1.82) is 0 Å². The summed E-state index contributed by atoms with van der Waals surface area (Å²) in [5, 5.41) is 4.49. The highest BCUT2D eigenvalue weighted by atomic mass is 16.6. The number of methoxy groups -OCH3 is 1. The van der Waals surface area contributed by atoms with Gasteiger partial charge in [-0.15, -0.1) is 0 Å². The van der Waals surface area contributed by atoms with Gasteiger partial charge >= 0.3 is 5.97 Å². The maximum atomic E-state index is 12.2. The summed E-state index contributed by atoms with van der Waals surface area (Å²) in [5.74, 6) is -0.903. The summed E-state index contributed by atoms with van der Waals surface area (Å²) in [4.78, 5) is 24.0. The summed E-state index contributed by atoms with van der Waals surface area (Å²) in [6, 6.07) is 11.1. The molecule has 4 rings (SSSR count). The van der Waals surface area contributed by atoms with Gasteiger partial charge in [0, 0.05) is 16.8 Å². The molecule has 0 saturated heterocycles. The minimum atomic E-state index is -0.769. The Labute approximate surface area is 159 Å². The Bertz CT molecular complexity index is 1080. The number of benzene rings is 2. The fraction of sp³-hybridized carbons (Fsp3) is 0.200. The first-order valence-electron chi connectivity index (χ1n) is 8.56. The lowest BCUT2D eigenvalue weighted by Gasteiger charge is -2.14. The van der Waals surface area contributed by atoms with E-state index in [1.165, 1.54) is 13.4 Å². The molecule has 1 aliphatic rings. The molecule has 2 aromatic carbocycles. The highest BCUT2D eigenvalue weighted by Crippen LogP contribution is 2.36. The van der Waals surface area contributed by atoms with Crippen molar-refractivity contribution in [3.63, 3.8) is 0 Å². The van der Waals surface area contributed by atoms with Gasteiger partial charge in [0.1, 0.15) is 36.4 Å². The van der Waals surface area contributed by atoms with Gasteiger partial charge in [-0.3, -0.25) is 4.79 Å². The van der Waals surface area contributed by atoms with E-state index >= 15 is 0 Å². The second-order valence-electron chi connectivity index (χ2n) is 5.97. The number of para-hydroxylation sites is 1. The number of amides is 1. The Morgan fingerprint density at radius 1 is 1.11 bits per heavy atom. The number of furan rings is 1. The summed E-state index contributed by atoms with van der Waals surface area (Å²) in [5.41, 5.74) is 1.75. The van der Waals surface area contributed by atoms with Crippen molar-refractivity contribution in [3.05, 3.63) is 48.4 Å². The normalized spacial score (nSPS) is 13.4. The third-order valence-corrected chi connectivity index (χ3v) is 4.16. The topological polar surface area (TPSA) is 96.2 Å². The average molecular weight is 383 g/mol. The molecule has 0 spiro atoms. The lowest BCUT2D eigenvalue weighted by Crippen LogP contribution is -2.24. The van der Waals surface area contributed by atoms with E-state index in [9.17, 15) is 9.59 Å². The van der Waals surface area contributed by atoms with Crippen LogP contribution < -0.4 is 10.1 Å². The fourth-order valence-electron chi connectivity index (χ4n) is 2.88. The van der Waals surface area contributed by atoms with Crippen molar-refractivity contribution in [2.45, 2.75) is 0 Å². The summed E-state index contributed by atoms with van der Waals surface area (Å²) >= 11 is 0. The number of ether oxygens (including phenoxy) is 4. The molecule has 1 N–H and O–H groups in total. The summed E-state index contributed by atoms with van der Waals surface area (Å²) in [6.45, 7) is 0.129. The maximum Gasteiger partial charge on any atom is 0.377 e. The molecule has 1 aromatic heterocycles. The van der Waals surface area contributed by atoms with Crippen LogP contribution in [0, 0.1) is 0 Å². The molecule has 2 heterocycles. The van der Waals surface area contributed by atoms with Crippen LogP contribution in [-0.2, 0) is 23.8 Å². The van der Waals surface area contributed by atoms with Crippen molar-refractivity contribution in [2.75, 3.05) is 32.2 Å². The molecule has 0 atom stereocenters. The van der Waals surface area contributed by atoms with Gasteiger partial charge in [-0.1, -0.05) is 18.2 Å². The number of rotatable bonds is 5. The van der Waals surface area contributed by atoms with Gasteiger partial charge in [0.25, 0.3) is 5.91 Å². The molecule has 0 saturated carbocycles. The van der Waals surface area contributed by atoms with Crippen LogP contribution in [0.1, 0.15) is 0 Å². The molecule has 28 heavy (non-hydrogen) atoms. The third-order valence-electron chi connectivity index (χ3n) is 4.16. The standard InChI is InChI=1S/C20H17NO7/c1-24-17-8-13-12-4-2-3-5-15(12)28-16(13)9-14(17)21-19(22)11-27-20(23)18-10-25-6-7-26-18/h2-5,8-10H,6-7,11H2,1H3,(H,21,22). The minimum Gasteiger partial charge on any atom is -0.495 e. The molecule has 0 fully saturated rings. The number of esters is 1. The van der Waals surface area contributed by atoms with Gasteiger partial charge in [-0.05, 0) is 12.1 Å². The van der Waals surface area contributed by atoms with Gasteiger partial charge in [-0.2, -0.15) is 0 Å². The van der Waals surface area contributed by atoms with Crippen LogP contribution in [-0.4, -0.2) is 38.8 Å². The van der Waals surface area contributed by atoms with Crippen LogP contribution in [0.15, 0.2) is 52.8 Å². The second-order valence-corrected chi connectivity index (χ2v) is 5.97. The molecule has 0 radical (unpaired) electrons. The van der Waals surface area contributed by atoms with Crippen LogP contribution in [0.2, 0.25) is 0 Å². The van der Waals surface area contributed by atoms with E-state index in [1.54, 1.807) is 12.1 Å². The number of hydrogen-bond acceptors (Lipinski definition) is 7. The average Bonchev–Trinajstić information content (AvgIpc) is 3.09. The molecule has 3 aromatic rings. The monoisotopic (exact) mass is 383 g/mol. The molecule has 0 bridgehead atoms. The molecular weight excluding hydrogens is 366 g/mol. The van der Waals surface area contributed by atoms with Crippen LogP contribution in [0.5, 0.6) is 5.75 Å². The largest absolute Gasteiger partial charge is 0.495 e. The Kier molecular flexibility index (Phi) is 4.76. The van der Waals surface area contributed by atoms with Crippen molar-refractivity contribution in [2.24, 2.45) is 0 Å². The molecule has 8 heteroatoms.